The molecule has 1 N–H and O–H groups in total. The average molecular weight is 278 g/mol. The molecule has 1 aromatic carbocycles. The third-order valence-electron chi connectivity index (χ3n) is 3.32. The van der Waals surface area contributed by atoms with Crippen molar-refractivity contribution in [1.29, 1.82) is 0 Å². The van der Waals surface area contributed by atoms with E-state index in [9.17, 15) is 9.59 Å². The van der Waals surface area contributed by atoms with Gasteiger partial charge >= 0.3 is 5.97 Å². The van der Waals surface area contributed by atoms with Gasteiger partial charge in [-0.05, 0) is 31.3 Å². The van der Waals surface area contributed by atoms with Gasteiger partial charge in [0.25, 0.3) is 5.91 Å². The highest BCUT2D eigenvalue weighted by molar-refractivity contribution is 5.87. The Hall–Kier alpha value is -2.08. The van der Waals surface area contributed by atoms with Crippen molar-refractivity contribution in [2.75, 3.05) is 39.8 Å². The molecular formula is C14H18N2O4. The van der Waals surface area contributed by atoms with Crippen molar-refractivity contribution in [3.05, 3.63) is 29.8 Å². The number of piperazine rings is 1. The van der Waals surface area contributed by atoms with Crippen LogP contribution < -0.4 is 4.74 Å². The second-order valence-electron chi connectivity index (χ2n) is 4.80. The zero-order valence-electron chi connectivity index (χ0n) is 11.4. The van der Waals surface area contributed by atoms with E-state index in [2.05, 4.69) is 4.90 Å². The zero-order chi connectivity index (χ0) is 14.5. The molecule has 1 fully saturated rings. The number of carboxylic acid groups (broad SMARTS) is 1. The predicted molar refractivity (Wildman–Crippen MR) is 73.0 cm³/mol. The van der Waals surface area contributed by atoms with Gasteiger partial charge in [-0.1, -0.05) is 0 Å². The minimum absolute atomic E-state index is 0.0177. The van der Waals surface area contributed by atoms with Gasteiger partial charge in [-0.15, -0.1) is 0 Å². The lowest BCUT2D eigenvalue weighted by molar-refractivity contribution is -0.134. The average Bonchev–Trinajstić information content (AvgIpc) is 2.46. The highest BCUT2D eigenvalue weighted by Crippen LogP contribution is 2.12. The van der Waals surface area contributed by atoms with Crippen molar-refractivity contribution in [3.63, 3.8) is 0 Å². The first-order valence-electron chi connectivity index (χ1n) is 6.49. The fraction of sp³-hybridized carbons (Fsp3) is 0.429. The minimum Gasteiger partial charge on any atom is -0.484 e. The SMILES string of the molecule is CN1CCN(C(=O)COc2ccc(C(=O)O)cc2)CC1. The molecule has 1 aliphatic rings. The Balaban J connectivity index is 1.82. The van der Waals surface area contributed by atoms with E-state index < -0.39 is 5.97 Å². The Bertz CT molecular complexity index is 478. The summed E-state index contributed by atoms with van der Waals surface area (Å²) in [7, 11) is 2.03. The molecule has 0 unspecified atom stereocenters. The maximum Gasteiger partial charge on any atom is 0.335 e. The van der Waals surface area contributed by atoms with Crippen molar-refractivity contribution >= 4 is 11.9 Å². The number of carboxylic acids is 1. The molecule has 0 spiro atoms. The molecule has 0 aromatic heterocycles. The topological polar surface area (TPSA) is 70.1 Å². The number of amides is 1. The minimum atomic E-state index is -0.981. The molecule has 0 bridgehead atoms. The van der Waals surface area contributed by atoms with E-state index in [-0.39, 0.29) is 18.1 Å². The van der Waals surface area contributed by atoms with Crippen LogP contribution in [-0.2, 0) is 4.79 Å². The van der Waals surface area contributed by atoms with Gasteiger partial charge < -0.3 is 19.6 Å². The third kappa shape index (κ3) is 3.71. The molecule has 6 heteroatoms. The van der Waals surface area contributed by atoms with Gasteiger partial charge in [-0.3, -0.25) is 4.79 Å². The van der Waals surface area contributed by atoms with Crippen LogP contribution in [0.5, 0.6) is 5.75 Å². The normalized spacial score (nSPS) is 15.9. The van der Waals surface area contributed by atoms with E-state index in [1.807, 2.05) is 7.05 Å². The van der Waals surface area contributed by atoms with Crippen molar-refractivity contribution in [2.45, 2.75) is 0 Å². The summed E-state index contributed by atoms with van der Waals surface area (Å²) in [5, 5.41) is 8.78. The molecule has 108 valence electrons. The van der Waals surface area contributed by atoms with Crippen molar-refractivity contribution < 1.29 is 19.4 Å². The third-order valence-corrected chi connectivity index (χ3v) is 3.32. The molecule has 0 saturated carbocycles. The second-order valence-corrected chi connectivity index (χ2v) is 4.80. The van der Waals surface area contributed by atoms with Crippen LogP contribution in [0.3, 0.4) is 0 Å². The number of aromatic carboxylic acids is 1. The number of rotatable bonds is 4. The van der Waals surface area contributed by atoms with Crippen LogP contribution in [0.2, 0.25) is 0 Å². The Morgan fingerprint density at radius 3 is 2.30 bits per heavy atom. The summed E-state index contributed by atoms with van der Waals surface area (Å²) in [6, 6.07) is 6.03. The lowest BCUT2D eigenvalue weighted by Gasteiger charge is -2.32. The summed E-state index contributed by atoms with van der Waals surface area (Å²) >= 11 is 0. The maximum absolute atomic E-state index is 11.9. The molecule has 2 rings (SSSR count). The van der Waals surface area contributed by atoms with E-state index >= 15 is 0 Å². The van der Waals surface area contributed by atoms with Crippen molar-refractivity contribution in [3.8, 4) is 5.75 Å². The van der Waals surface area contributed by atoms with Gasteiger partial charge in [-0.2, -0.15) is 0 Å². The first kappa shape index (κ1) is 14.3. The quantitative estimate of drug-likeness (QED) is 0.870. The molecule has 1 heterocycles. The fourth-order valence-electron chi connectivity index (χ4n) is 1.99. The molecule has 1 amide bonds. The number of carbonyl (C=O) groups excluding carboxylic acids is 1. The van der Waals surface area contributed by atoms with E-state index in [4.69, 9.17) is 9.84 Å². The highest BCUT2D eigenvalue weighted by Gasteiger charge is 2.19. The van der Waals surface area contributed by atoms with E-state index in [0.29, 0.717) is 5.75 Å². The Labute approximate surface area is 117 Å². The summed E-state index contributed by atoms with van der Waals surface area (Å²) in [5.74, 6) is -0.525. The van der Waals surface area contributed by atoms with Gasteiger partial charge in [0.1, 0.15) is 5.75 Å². The van der Waals surface area contributed by atoms with Crippen molar-refractivity contribution in [2.24, 2.45) is 0 Å². The lowest BCUT2D eigenvalue weighted by Crippen LogP contribution is -2.48. The molecule has 6 nitrogen and oxygen atoms in total. The molecule has 0 radical (unpaired) electrons. The highest BCUT2D eigenvalue weighted by atomic mass is 16.5. The molecule has 0 aliphatic carbocycles. The Kier molecular flexibility index (Phi) is 4.57. The number of benzene rings is 1. The van der Waals surface area contributed by atoms with E-state index in [1.165, 1.54) is 12.1 Å². The first-order chi connectivity index (χ1) is 9.56. The Morgan fingerprint density at radius 1 is 1.15 bits per heavy atom. The van der Waals surface area contributed by atoms with E-state index in [0.717, 1.165) is 26.2 Å². The summed E-state index contributed by atoms with van der Waals surface area (Å²) in [6.07, 6.45) is 0. The molecular weight excluding hydrogens is 260 g/mol. The second kappa shape index (κ2) is 6.38. The fourth-order valence-corrected chi connectivity index (χ4v) is 1.99. The van der Waals surface area contributed by atoms with Crippen LogP contribution >= 0.6 is 0 Å². The number of nitrogens with zero attached hydrogens (tertiary/aromatic N) is 2. The number of carbonyl (C=O) groups is 2. The summed E-state index contributed by atoms with van der Waals surface area (Å²) < 4.78 is 5.38. The Morgan fingerprint density at radius 2 is 1.75 bits per heavy atom. The zero-order valence-corrected chi connectivity index (χ0v) is 11.4. The smallest absolute Gasteiger partial charge is 0.335 e. The number of ether oxygens (including phenoxy) is 1. The molecule has 1 saturated heterocycles. The lowest BCUT2D eigenvalue weighted by atomic mass is 10.2. The summed E-state index contributed by atoms with van der Waals surface area (Å²) in [5.41, 5.74) is 0.197. The van der Waals surface area contributed by atoms with Crippen LogP contribution in [0.25, 0.3) is 0 Å². The largest absolute Gasteiger partial charge is 0.484 e. The summed E-state index contributed by atoms with van der Waals surface area (Å²) in [6.45, 7) is 3.17. The number of hydrogen-bond acceptors (Lipinski definition) is 4. The maximum atomic E-state index is 11.9. The van der Waals surface area contributed by atoms with Gasteiger partial charge in [0.05, 0.1) is 5.56 Å². The van der Waals surface area contributed by atoms with Gasteiger partial charge in [0.2, 0.25) is 0 Å². The molecule has 20 heavy (non-hydrogen) atoms. The molecule has 1 aliphatic heterocycles. The van der Waals surface area contributed by atoms with Crippen LogP contribution in [0, 0.1) is 0 Å². The van der Waals surface area contributed by atoms with Crippen LogP contribution in [-0.4, -0.2) is 66.6 Å². The summed E-state index contributed by atoms with van der Waals surface area (Å²) in [4.78, 5) is 26.6. The van der Waals surface area contributed by atoms with Crippen molar-refractivity contribution in [1.82, 2.24) is 9.80 Å². The van der Waals surface area contributed by atoms with Gasteiger partial charge in [0, 0.05) is 26.2 Å². The van der Waals surface area contributed by atoms with E-state index in [1.54, 1.807) is 17.0 Å². The standard InChI is InChI=1S/C14H18N2O4/c1-15-6-8-16(9-7-15)13(17)10-20-12-4-2-11(3-5-12)14(18)19/h2-5H,6-10H2,1H3,(H,18,19). The molecule has 1 aromatic rings. The number of likely N-dealkylation sites (N-methyl/N-ethyl adjacent to an activating group) is 1. The predicted octanol–water partition coefficient (Wildman–Crippen LogP) is 0.538. The van der Waals surface area contributed by atoms with Gasteiger partial charge in [0.15, 0.2) is 6.61 Å². The first-order valence-corrected chi connectivity index (χ1v) is 6.49. The monoisotopic (exact) mass is 278 g/mol. The molecule has 0 atom stereocenters. The number of hydrogen-bond donors (Lipinski definition) is 1. The van der Waals surface area contributed by atoms with Crippen LogP contribution in [0.4, 0.5) is 0 Å². The van der Waals surface area contributed by atoms with Crippen LogP contribution in [0.15, 0.2) is 24.3 Å². The van der Waals surface area contributed by atoms with Crippen LogP contribution in [0.1, 0.15) is 10.4 Å². The van der Waals surface area contributed by atoms with Gasteiger partial charge in [-0.25, -0.2) is 4.79 Å².